The summed E-state index contributed by atoms with van der Waals surface area (Å²) in [5.74, 6) is 0.173. The molecule has 0 radical (unpaired) electrons. The minimum atomic E-state index is -3.48. The molecule has 1 heterocycles. The molecule has 1 aliphatic rings. The molecule has 1 aromatic carbocycles. The van der Waals surface area contributed by atoms with E-state index in [0.717, 1.165) is 12.0 Å². The summed E-state index contributed by atoms with van der Waals surface area (Å²) in [6.07, 6.45) is 0.756. The molecule has 1 aliphatic heterocycles. The topological polar surface area (TPSA) is 75.4 Å². The fourth-order valence-corrected chi connectivity index (χ4v) is 3.94. The van der Waals surface area contributed by atoms with E-state index in [1.54, 1.807) is 0 Å². The molecule has 0 spiro atoms. The van der Waals surface area contributed by atoms with Gasteiger partial charge in [0.15, 0.2) is 0 Å². The Morgan fingerprint density at radius 2 is 1.95 bits per heavy atom. The highest BCUT2D eigenvalue weighted by Crippen LogP contribution is 2.20. The maximum Gasteiger partial charge on any atom is 0.280 e. The van der Waals surface area contributed by atoms with Gasteiger partial charge in [-0.15, -0.1) is 0 Å². The number of hydrogen-bond donors (Lipinski definition) is 2. The van der Waals surface area contributed by atoms with Crippen molar-refractivity contribution in [2.75, 3.05) is 13.1 Å². The smallest absolute Gasteiger partial charge is 0.280 e. The quantitative estimate of drug-likeness (QED) is 0.846. The maximum absolute atomic E-state index is 12.4. The molecular weight excluding hydrogens is 274 g/mol. The number of nitrogens with two attached hydrogens (primary N) is 1. The predicted octanol–water partition coefficient (Wildman–Crippen LogP) is 0.862. The summed E-state index contributed by atoms with van der Waals surface area (Å²) in [6, 6.07) is 7.75. The molecule has 0 amide bonds. The number of hydrogen-bond acceptors (Lipinski definition) is 3. The summed E-state index contributed by atoms with van der Waals surface area (Å²) in [6.45, 7) is 5.18. The lowest BCUT2D eigenvalue weighted by Crippen LogP contribution is -2.51. The average molecular weight is 297 g/mol. The van der Waals surface area contributed by atoms with Gasteiger partial charge in [-0.05, 0) is 23.5 Å². The lowest BCUT2D eigenvalue weighted by atomic mass is 10.0. The molecule has 1 unspecified atom stereocenters. The van der Waals surface area contributed by atoms with Crippen LogP contribution in [-0.2, 0) is 23.2 Å². The predicted molar refractivity (Wildman–Crippen MR) is 80.3 cm³/mol. The lowest BCUT2D eigenvalue weighted by Gasteiger charge is -2.30. The molecular formula is C14H23N3O2S. The highest BCUT2D eigenvalue weighted by atomic mass is 32.2. The van der Waals surface area contributed by atoms with E-state index in [2.05, 4.69) is 10.8 Å². The Balaban J connectivity index is 2.12. The van der Waals surface area contributed by atoms with Crippen molar-refractivity contribution in [1.29, 1.82) is 0 Å². The molecule has 3 N–H and O–H groups in total. The van der Waals surface area contributed by atoms with E-state index in [-0.39, 0.29) is 12.0 Å². The van der Waals surface area contributed by atoms with Crippen LogP contribution in [0.15, 0.2) is 24.3 Å². The lowest BCUT2D eigenvalue weighted by molar-refractivity contribution is 0.367. The first kappa shape index (κ1) is 15.4. The van der Waals surface area contributed by atoms with Crippen LogP contribution in [0.2, 0.25) is 0 Å². The Bertz CT molecular complexity index is 557. The minimum absolute atomic E-state index is 0.173. The largest absolute Gasteiger partial charge is 0.329 e. The van der Waals surface area contributed by atoms with Crippen molar-refractivity contribution < 1.29 is 8.42 Å². The van der Waals surface area contributed by atoms with Gasteiger partial charge in [0.1, 0.15) is 0 Å². The van der Waals surface area contributed by atoms with Crippen molar-refractivity contribution in [2.45, 2.75) is 32.9 Å². The van der Waals surface area contributed by atoms with Crippen molar-refractivity contribution in [3.05, 3.63) is 35.4 Å². The van der Waals surface area contributed by atoms with Crippen molar-refractivity contribution >= 4 is 10.2 Å². The molecule has 6 heteroatoms. The maximum atomic E-state index is 12.4. The minimum Gasteiger partial charge on any atom is -0.329 e. The number of nitrogens with zero attached hydrogens (tertiary/aromatic N) is 1. The summed E-state index contributed by atoms with van der Waals surface area (Å²) >= 11 is 0. The first-order valence-electron chi connectivity index (χ1n) is 6.98. The van der Waals surface area contributed by atoms with Crippen molar-refractivity contribution in [3.8, 4) is 0 Å². The van der Waals surface area contributed by atoms with Crippen LogP contribution in [0.25, 0.3) is 0 Å². The first-order valence-corrected chi connectivity index (χ1v) is 8.42. The molecule has 0 fully saturated rings. The second-order valence-corrected chi connectivity index (χ2v) is 7.26. The van der Waals surface area contributed by atoms with Crippen LogP contribution < -0.4 is 10.5 Å². The standard InChI is InChI=1S/C14H23N3O2S/c1-11(2)14(9-15)16-20(18,19)17-8-7-12-5-3-4-6-13(12)10-17/h3-6,11,14,16H,7-10,15H2,1-2H3. The molecule has 0 saturated carbocycles. The molecule has 1 atom stereocenters. The van der Waals surface area contributed by atoms with Crippen LogP contribution in [0.5, 0.6) is 0 Å². The summed E-state index contributed by atoms with van der Waals surface area (Å²) in [4.78, 5) is 0. The second-order valence-electron chi connectivity index (χ2n) is 5.56. The van der Waals surface area contributed by atoms with Gasteiger partial charge in [0.2, 0.25) is 0 Å². The zero-order valence-electron chi connectivity index (χ0n) is 12.0. The molecule has 1 aromatic rings. The van der Waals surface area contributed by atoms with Crippen molar-refractivity contribution in [3.63, 3.8) is 0 Å². The van der Waals surface area contributed by atoms with Crippen LogP contribution in [0.3, 0.4) is 0 Å². The van der Waals surface area contributed by atoms with Gasteiger partial charge in [0.25, 0.3) is 10.2 Å². The van der Waals surface area contributed by atoms with Crippen molar-refractivity contribution in [1.82, 2.24) is 9.03 Å². The van der Waals surface area contributed by atoms with E-state index in [9.17, 15) is 8.42 Å². The highest BCUT2D eigenvalue weighted by Gasteiger charge is 2.29. The molecule has 0 bridgehead atoms. The van der Waals surface area contributed by atoms with Gasteiger partial charge in [-0.3, -0.25) is 0 Å². The molecule has 2 rings (SSSR count). The van der Waals surface area contributed by atoms with E-state index in [0.29, 0.717) is 19.6 Å². The fourth-order valence-electron chi connectivity index (χ4n) is 2.40. The van der Waals surface area contributed by atoms with Crippen LogP contribution >= 0.6 is 0 Å². The second kappa shape index (κ2) is 6.22. The Morgan fingerprint density at radius 1 is 1.30 bits per heavy atom. The molecule has 0 saturated heterocycles. The van der Waals surface area contributed by atoms with Gasteiger partial charge >= 0.3 is 0 Å². The average Bonchev–Trinajstić information content (AvgIpc) is 2.44. The molecule has 0 aliphatic carbocycles. The van der Waals surface area contributed by atoms with E-state index in [1.807, 2.05) is 32.0 Å². The molecule has 20 heavy (non-hydrogen) atoms. The molecule has 112 valence electrons. The van der Waals surface area contributed by atoms with Gasteiger partial charge in [-0.2, -0.15) is 17.4 Å². The highest BCUT2D eigenvalue weighted by molar-refractivity contribution is 7.87. The number of benzene rings is 1. The third-order valence-corrected chi connectivity index (χ3v) is 5.39. The Hall–Kier alpha value is -0.950. The zero-order valence-corrected chi connectivity index (χ0v) is 12.9. The zero-order chi connectivity index (χ0) is 14.8. The Kier molecular flexibility index (Phi) is 4.80. The van der Waals surface area contributed by atoms with Crippen LogP contribution in [0.4, 0.5) is 0 Å². The summed E-state index contributed by atoms with van der Waals surface area (Å²) < 4.78 is 29.1. The SMILES string of the molecule is CC(C)C(CN)NS(=O)(=O)N1CCc2ccccc2C1. The summed E-state index contributed by atoms with van der Waals surface area (Å²) in [5.41, 5.74) is 7.96. The van der Waals surface area contributed by atoms with Gasteiger partial charge in [0.05, 0.1) is 0 Å². The fraction of sp³-hybridized carbons (Fsp3) is 0.571. The summed E-state index contributed by atoms with van der Waals surface area (Å²) in [7, 11) is -3.48. The van der Waals surface area contributed by atoms with Crippen LogP contribution in [-0.4, -0.2) is 31.9 Å². The number of nitrogens with one attached hydrogen (secondary N) is 1. The van der Waals surface area contributed by atoms with Gasteiger partial charge in [-0.25, -0.2) is 0 Å². The molecule has 0 aromatic heterocycles. The molecule has 5 nitrogen and oxygen atoms in total. The third-order valence-electron chi connectivity index (χ3n) is 3.79. The number of rotatable bonds is 5. The van der Waals surface area contributed by atoms with Gasteiger partial charge < -0.3 is 5.73 Å². The van der Waals surface area contributed by atoms with E-state index in [1.165, 1.54) is 9.87 Å². The van der Waals surface area contributed by atoms with Crippen LogP contribution in [0.1, 0.15) is 25.0 Å². The van der Waals surface area contributed by atoms with Crippen molar-refractivity contribution in [2.24, 2.45) is 11.7 Å². The van der Waals surface area contributed by atoms with E-state index < -0.39 is 10.2 Å². The van der Waals surface area contributed by atoms with Gasteiger partial charge in [-0.1, -0.05) is 38.1 Å². The Morgan fingerprint density at radius 3 is 2.55 bits per heavy atom. The first-order chi connectivity index (χ1) is 9.44. The third kappa shape index (κ3) is 3.38. The van der Waals surface area contributed by atoms with Gasteiger partial charge in [0, 0.05) is 25.7 Å². The normalized spacial score (nSPS) is 18.0. The van der Waals surface area contributed by atoms with E-state index in [4.69, 9.17) is 5.73 Å². The van der Waals surface area contributed by atoms with E-state index >= 15 is 0 Å². The number of fused-ring (bicyclic) bond motifs is 1. The summed E-state index contributed by atoms with van der Waals surface area (Å²) in [5, 5.41) is 0. The Labute approximate surface area is 121 Å². The van der Waals surface area contributed by atoms with Crippen LogP contribution in [0, 0.1) is 5.92 Å². The monoisotopic (exact) mass is 297 g/mol.